The highest BCUT2D eigenvalue weighted by molar-refractivity contribution is 7.99. The number of hydrogen-bond acceptors (Lipinski definition) is 3. The van der Waals surface area contributed by atoms with E-state index in [0.29, 0.717) is 6.42 Å². The molecule has 1 N–H and O–H groups in total. The van der Waals surface area contributed by atoms with E-state index in [1.165, 1.54) is 10.5 Å². The number of nitrogens with one attached hydrogen (secondary N) is 1. The average Bonchev–Trinajstić information content (AvgIpc) is 2.37. The number of thioether (sulfide) groups is 1. The Morgan fingerprint density at radius 1 is 1.35 bits per heavy atom. The highest BCUT2D eigenvalue weighted by atomic mass is 32.2. The summed E-state index contributed by atoms with van der Waals surface area (Å²) in [6.45, 7) is 4.07. The molecule has 0 aliphatic heterocycles. The molecule has 0 fully saturated rings. The van der Waals surface area contributed by atoms with Crippen LogP contribution in [0.3, 0.4) is 0 Å². The summed E-state index contributed by atoms with van der Waals surface area (Å²) in [5.74, 6) is 1.10. The van der Waals surface area contributed by atoms with Gasteiger partial charge in [-0.15, -0.1) is 11.8 Å². The lowest BCUT2D eigenvalue weighted by molar-refractivity contribution is 0.725. The van der Waals surface area contributed by atoms with Crippen LogP contribution < -0.4 is 5.32 Å². The second kappa shape index (κ2) is 9.09. The smallest absolute Gasteiger partial charge is 0.0621 e. The monoisotopic (exact) mass is 248 g/mol. The van der Waals surface area contributed by atoms with Gasteiger partial charge in [0, 0.05) is 17.9 Å². The molecule has 0 saturated carbocycles. The predicted octanol–water partition coefficient (Wildman–Crippen LogP) is 3.58. The fourth-order valence-corrected chi connectivity index (χ4v) is 2.50. The Kier molecular flexibility index (Phi) is 7.53. The zero-order valence-corrected chi connectivity index (χ0v) is 11.2. The van der Waals surface area contributed by atoms with E-state index >= 15 is 0 Å². The maximum Gasteiger partial charge on any atom is 0.0621 e. The molecule has 2 nitrogen and oxygen atoms in total. The number of unbranched alkanes of at least 4 members (excludes halogenated alkanes) is 2. The van der Waals surface area contributed by atoms with Gasteiger partial charge in [0.05, 0.1) is 6.07 Å². The second-order valence-corrected chi connectivity index (χ2v) is 5.06. The molecule has 3 heteroatoms. The van der Waals surface area contributed by atoms with Crippen molar-refractivity contribution in [3.63, 3.8) is 0 Å². The summed E-state index contributed by atoms with van der Waals surface area (Å²) in [6.07, 6.45) is 2.82. The van der Waals surface area contributed by atoms with Crippen LogP contribution in [0, 0.1) is 11.3 Å². The van der Waals surface area contributed by atoms with E-state index in [1.807, 2.05) is 11.8 Å². The van der Waals surface area contributed by atoms with Gasteiger partial charge in [0.2, 0.25) is 0 Å². The lowest BCUT2D eigenvalue weighted by Gasteiger charge is -2.05. The highest BCUT2D eigenvalue weighted by Crippen LogP contribution is 2.20. The van der Waals surface area contributed by atoms with E-state index in [4.69, 9.17) is 5.26 Å². The van der Waals surface area contributed by atoms with Gasteiger partial charge in [0.1, 0.15) is 0 Å². The van der Waals surface area contributed by atoms with Gasteiger partial charge in [-0.1, -0.05) is 19.1 Å². The van der Waals surface area contributed by atoms with Gasteiger partial charge in [-0.2, -0.15) is 5.26 Å². The molecular weight excluding hydrogens is 228 g/mol. The molecule has 0 saturated heterocycles. The largest absolute Gasteiger partial charge is 0.313 e. The molecule has 0 unspecified atom stereocenters. The summed E-state index contributed by atoms with van der Waals surface area (Å²) >= 11 is 1.88. The molecule has 0 spiro atoms. The number of nitriles is 1. The van der Waals surface area contributed by atoms with Gasteiger partial charge in [0.15, 0.2) is 0 Å². The molecule has 0 heterocycles. The molecule has 0 aromatic heterocycles. The molecule has 92 valence electrons. The minimum absolute atomic E-state index is 0.682. The van der Waals surface area contributed by atoms with Crippen molar-refractivity contribution in [2.24, 2.45) is 0 Å². The SMILES string of the molecule is CCNCc1cccc(SCCCCC#N)c1. The third-order valence-electron chi connectivity index (χ3n) is 2.43. The Labute approximate surface area is 108 Å². The van der Waals surface area contributed by atoms with Crippen LogP contribution in [0.5, 0.6) is 0 Å². The second-order valence-electron chi connectivity index (χ2n) is 3.89. The normalized spacial score (nSPS) is 10.1. The van der Waals surface area contributed by atoms with E-state index in [1.54, 1.807) is 0 Å². The number of rotatable bonds is 8. The van der Waals surface area contributed by atoms with Gasteiger partial charge in [-0.3, -0.25) is 0 Å². The lowest BCUT2D eigenvalue weighted by Crippen LogP contribution is -2.11. The topological polar surface area (TPSA) is 35.8 Å². The van der Waals surface area contributed by atoms with E-state index in [9.17, 15) is 0 Å². The van der Waals surface area contributed by atoms with E-state index in [0.717, 1.165) is 31.7 Å². The van der Waals surface area contributed by atoms with Crippen LogP contribution in [0.2, 0.25) is 0 Å². The molecule has 1 rings (SSSR count). The fraction of sp³-hybridized carbons (Fsp3) is 0.500. The van der Waals surface area contributed by atoms with Crippen molar-refractivity contribution in [3.8, 4) is 6.07 Å². The van der Waals surface area contributed by atoms with Crippen LogP contribution in [-0.2, 0) is 6.54 Å². The van der Waals surface area contributed by atoms with Crippen molar-refractivity contribution >= 4 is 11.8 Å². The van der Waals surface area contributed by atoms with Gasteiger partial charge in [-0.05, 0) is 42.8 Å². The molecule has 0 atom stereocenters. The summed E-state index contributed by atoms with van der Waals surface area (Å²) in [7, 11) is 0. The molecule has 1 aromatic carbocycles. The van der Waals surface area contributed by atoms with Crippen LogP contribution in [0.4, 0.5) is 0 Å². The highest BCUT2D eigenvalue weighted by Gasteiger charge is 1.97. The number of nitrogens with zero attached hydrogens (tertiary/aromatic N) is 1. The zero-order chi connectivity index (χ0) is 12.3. The van der Waals surface area contributed by atoms with Crippen LogP contribution in [0.25, 0.3) is 0 Å². The van der Waals surface area contributed by atoms with E-state index in [2.05, 4.69) is 42.6 Å². The summed E-state index contributed by atoms with van der Waals surface area (Å²) in [6, 6.07) is 10.9. The van der Waals surface area contributed by atoms with Crippen molar-refractivity contribution in [2.45, 2.75) is 37.6 Å². The van der Waals surface area contributed by atoms with E-state index in [-0.39, 0.29) is 0 Å². The standard InChI is InChI=1S/C14H20N2S/c1-2-16-12-13-7-6-8-14(11-13)17-10-5-3-4-9-15/h6-8,11,16H,2-5,10,12H2,1H3. The molecule has 17 heavy (non-hydrogen) atoms. The predicted molar refractivity (Wildman–Crippen MR) is 74.0 cm³/mol. The Morgan fingerprint density at radius 3 is 3.00 bits per heavy atom. The fourth-order valence-electron chi connectivity index (χ4n) is 1.51. The van der Waals surface area contributed by atoms with Crippen molar-refractivity contribution in [1.82, 2.24) is 5.32 Å². The third kappa shape index (κ3) is 6.35. The zero-order valence-electron chi connectivity index (χ0n) is 10.4. The summed E-state index contributed by atoms with van der Waals surface area (Å²) in [5, 5.41) is 11.8. The first-order valence-corrected chi connectivity index (χ1v) is 7.14. The summed E-state index contributed by atoms with van der Waals surface area (Å²) < 4.78 is 0. The van der Waals surface area contributed by atoms with Crippen LogP contribution in [0.15, 0.2) is 29.2 Å². The Balaban J connectivity index is 2.30. The first-order chi connectivity index (χ1) is 8.36. The Morgan fingerprint density at radius 2 is 2.24 bits per heavy atom. The number of hydrogen-bond donors (Lipinski definition) is 1. The molecule has 0 radical (unpaired) electrons. The van der Waals surface area contributed by atoms with Crippen molar-refractivity contribution < 1.29 is 0 Å². The lowest BCUT2D eigenvalue weighted by atomic mass is 10.2. The molecule has 0 amide bonds. The Bertz CT molecular complexity index is 357. The van der Waals surface area contributed by atoms with Crippen LogP contribution >= 0.6 is 11.8 Å². The van der Waals surface area contributed by atoms with E-state index < -0.39 is 0 Å². The Hall–Kier alpha value is -0.980. The summed E-state index contributed by atoms with van der Waals surface area (Å²) in [5.41, 5.74) is 1.34. The average molecular weight is 248 g/mol. The molecule has 1 aromatic rings. The first kappa shape index (κ1) is 14.1. The minimum atomic E-state index is 0.682. The van der Waals surface area contributed by atoms with Gasteiger partial charge in [-0.25, -0.2) is 0 Å². The van der Waals surface area contributed by atoms with Crippen LogP contribution in [-0.4, -0.2) is 12.3 Å². The maximum absolute atomic E-state index is 8.44. The van der Waals surface area contributed by atoms with Gasteiger partial charge in [0.25, 0.3) is 0 Å². The molecule has 0 aliphatic rings. The van der Waals surface area contributed by atoms with Crippen LogP contribution in [0.1, 0.15) is 31.7 Å². The number of benzene rings is 1. The maximum atomic E-state index is 8.44. The van der Waals surface area contributed by atoms with Crippen molar-refractivity contribution in [3.05, 3.63) is 29.8 Å². The molecule has 0 bridgehead atoms. The summed E-state index contributed by atoms with van der Waals surface area (Å²) in [4.78, 5) is 1.33. The van der Waals surface area contributed by atoms with Crippen molar-refractivity contribution in [2.75, 3.05) is 12.3 Å². The van der Waals surface area contributed by atoms with Gasteiger partial charge < -0.3 is 5.32 Å². The quantitative estimate of drug-likeness (QED) is 0.564. The van der Waals surface area contributed by atoms with Gasteiger partial charge >= 0.3 is 0 Å². The van der Waals surface area contributed by atoms with Crippen molar-refractivity contribution in [1.29, 1.82) is 5.26 Å². The first-order valence-electron chi connectivity index (χ1n) is 6.16. The third-order valence-corrected chi connectivity index (χ3v) is 3.51. The molecular formula is C14H20N2S. The molecule has 0 aliphatic carbocycles. The minimum Gasteiger partial charge on any atom is -0.313 e.